The van der Waals surface area contributed by atoms with Crippen LogP contribution in [-0.4, -0.2) is 18.8 Å². The van der Waals surface area contributed by atoms with Gasteiger partial charge in [0.1, 0.15) is 5.75 Å². The fraction of sp³-hybridized carbons (Fsp3) is 0.300. The van der Waals surface area contributed by atoms with Crippen molar-refractivity contribution in [3.63, 3.8) is 0 Å². The van der Waals surface area contributed by atoms with E-state index in [1.165, 1.54) is 0 Å². The van der Waals surface area contributed by atoms with E-state index in [1.54, 1.807) is 31.4 Å². The van der Waals surface area contributed by atoms with Gasteiger partial charge in [0.15, 0.2) is 5.78 Å². The van der Waals surface area contributed by atoms with Crippen molar-refractivity contribution in [1.82, 2.24) is 0 Å². The molecule has 1 rings (SSSR count). The average molecular weight is 199 g/mol. The Hall–Kier alpha value is -1.02. The van der Waals surface area contributed by atoms with E-state index in [1.807, 2.05) is 0 Å². The minimum absolute atomic E-state index is 0.0499. The summed E-state index contributed by atoms with van der Waals surface area (Å²) >= 11 is 5.47. The molecule has 0 fully saturated rings. The Morgan fingerprint density at radius 1 is 1.54 bits per heavy atom. The van der Waals surface area contributed by atoms with Gasteiger partial charge in [-0.15, -0.1) is 11.6 Å². The summed E-state index contributed by atoms with van der Waals surface area (Å²) in [6, 6.07) is 7.07. The lowest BCUT2D eigenvalue weighted by molar-refractivity contribution is 0.0989. The number of carbonyl (C=O) groups excluding carboxylic acids is 1. The summed E-state index contributed by atoms with van der Waals surface area (Å²) in [4.78, 5) is 11.4. The number of hydrogen-bond acceptors (Lipinski definition) is 2. The lowest BCUT2D eigenvalue weighted by atomic mass is 10.1. The van der Waals surface area contributed by atoms with Crippen molar-refractivity contribution in [3.8, 4) is 5.75 Å². The van der Waals surface area contributed by atoms with Crippen molar-refractivity contribution in [1.29, 1.82) is 0 Å². The van der Waals surface area contributed by atoms with Gasteiger partial charge < -0.3 is 4.74 Å². The summed E-state index contributed by atoms with van der Waals surface area (Å²) < 4.78 is 5.00. The molecule has 0 aromatic heterocycles. The van der Waals surface area contributed by atoms with E-state index in [0.717, 1.165) is 0 Å². The van der Waals surface area contributed by atoms with Gasteiger partial charge in [0, 0.05) is 17.9 Å². The Labute approximate surface area is 82.5 Å². The van der Waals surface area contributed by atoms with Crippen LogP contribution in [0.1, 0.15) is 16.8 Å². The topological polar surface area (TPSA) is 26.3 Å². The maximum Gasteiger partial charge on any atom is 0.164 e. The predicted molar refractivity (Wildman–Crippen MR) is 52.7 cm³/mol. The van der Waals surface area contributed by atoms with Crippen LogP contribution in [-0.2, 0) is 0 Å². The number of hydrogen-bond donors (Lipinski definition) is 0. The largest absolute Gasteiger partial charge is 0.497 e. The Morgan fingerprint density at radius 3 is 2.92 bits per heavy atom. The zero-order valence-corrected chi connectivity index (χ0v) is 8.17. The molecule has 0 aliphatic carbocycles. The summed E-state index contributed by atoms with van der Waals surface area (Å²) in [6.45, 7) is 0. The van der Waals surface area contributed by atoms with Crippen LogP contribution in [0.25, 0.3) is 0 Å². The lowest BCUT2D eigenvalue weighted by Crippen LogP contribution is -1.99. The molecule has 0 saturated carbocycles. The van der Waals surface area contributed by atoms with Crippen molar-refractivity contribution < 1.29 is 9.53 Å². The molecule has 0 N–H and O–H groups in total. The highest BCUT2D eigenvalue weighted by Gasteiger charge is 2.04. The van der Waals surface area contributed by atoms with Gasteiger partial charge in [-0.3, -0.25) is 4.79 Å². The highest BCUT2D eigenvalue weighted by Crippen LogP contribution is 2.14. The second-order valence-electron chi connectivity index (χ2n) is 2.59. The number of methoxy groups -OCH3 is 1. The van der Waals surface area contributed by atoms with Crippen LogP contribution in [0.5, 0.6) is 5.75 Å². The molecular formula is C10H11ClO2. The fourth-order valence-electron chi connectivity index (χ4n) is 1.03. The second-order valence-corrected chi connectivity index (χ2v) is 2.97. The maximum absolute atomic E-state index is 11.4. The monoisotopic (exact) mass is 198 g/mol. The standard InChI is InChI=1S/C10H11ClO2/c1-13-9-4-2-3-8(7-9)10(12)5-6-11/h2-4,7H,5-6H2,1H3. The van der Waals surface area contributed by atoms with Crippen LogP contribution in [0.2, 0.25) is 0 Å². The minimum Gasteiger partial charge on any atom is -0.497 e. The van der Waals surface area contributed by atoms with E-state index < -0.39 is 0 Å². The van der Waals surface area contributed by atoms with Crippen LogP contribution >= 0.6 is 11.6 Å². The normalized spacial score (nSPS) is 9.69. The Balaban J connectivity index is 2.82. The number of rotatable bonds is 4. The Morgan fingerprint density at radius 2 is 2.31 bits per heavy atom. The van der Waals surface area contributed by atoms with Crippen LogP contribution in [0, 0.1) is 0 Å². The van der Waals surface area contributed by atoms with E-state index in [-0.39, 0.29) is 5.78 Å². The summed E-state index contributed by atoms with van der Waals surface area (Å²) in [7, 11) is 1.57. The first-order chi connectivity index (χ1) is 6.27. The zero-order chi connectivity index (χ0) is 9.68. The van der Waals surface area contributed by atoms with Gasteiger partial charge in [0.2, 0.25) is 0 Å². The molecule has 0 spiro atoms. The minimum atomic E-state index is 0.0499. The molecule has 0 amide bonds. The highest BCUT2D eigenvalue weighted by molar-refractivity contribution is 6.19. The first kappa shape index (κ1) is 10.1. The molecule has 0 aliphatic heterocycles. The fourth-order valence-corrected chi connectivity index (χ4v) is 1.20. The zero-order valence-electron chi connectivity index (χ0n) is 7.42. The van der Waals surface area contributed by atoms with E-state index in [2.05, 4.69) is 0 Å². The molecule has 1 aromatic rings. The van der Waals surface area contributed by atoms with E-state index in [9.17, 15) is 4.79 Å². The molecule has 3 heteroatoms. The molecule has 0 heterocycles. The molecule has 13 heavy (non-hydrogen) atoms. The first-order valence-corrected chi connectivity index (χ1v) is 4.54. The van der Waals surface area contributed by atoms with E-state index >= 15 is 0 Å². The van der Waals surface area contributed by atoms with Crippen molar-refractivity contribution >= 4 is 17.4 Å². The molecular weight excluding hydrogens is 188 g/mol. The molecule has 0 saturated heterocycles. The number of ether oxygens (including phenoxy) is 1. The smallest absolute Gasteiger partial charge is 0.164 e. The van der Waals surface area contributed by atoms with Gasteiger partial charge in [0.25, 0.3) is 0 Å². The van der Waals surface area contributed by atoms with Gasteiger partial charge in [0.05, 0.1) is 7.11 Å². The molecule has 0 bridgehead atoms. The summed E-state index contributed by atoms with van der Waals surface area (Å²) in [5, 5.41) is 0. The Bertz CT molecular complexity index is 297. The van der Waals surface area contributed by atoms with Gasteiger partial charge in [-0.1, -0.05) is 12.1 Å². The Kier molecular flexibility index (Phi) is 3.77. The number of Topliss-reactive ketones (excluding diaryl/α,β-unsaturated/α-hetero) is 1. The van der Waals surface area contributed by atoms with Crippen LogP contribution in [0.4, 0.5) is 0 Å². The third-order valence-corrected chi connectivity index (χ3v) is 1.90. The van der Waals surface area contributed by atoms with Crippen LogP contribution in [0.3, 0.4) is 0 Å². The number of carbonyl (C=O) groups is 1. The van der Waals surface area contributed by atoms with Crippen LogP contribution in [0.15, 0.2) is 24.3 Å². The number of halogens is 1. The van der Waals surface area contributed by atoms with Crippen molar-refractivity contribution in [2.45, 2.75) is 6.42 Å². The molecule has 0 aliphatic rings. The van der Waals surface area contributed by atoms with Gasteiger partial charge in [-0.05, 0) is 12.1 Å². The third kappa shape index (κ3) is 2.74. The van der Waals surface area contributed by atoms with Gasteiger partial charge >= 0.3 is 0 Å². The molecule has 70 valence electrons. The second kappa shape index (κ2) is 4.87. The SMILES string of the molecule is COc1cccc(C(=O)CCCl)c1. The van der Waals surface area contributed by atoms with Gasteiger partial charge in [-0.2, -0.15) is 0 Å². The average Bonchev–Trinajstić information content (AvgIpc) is 2.18. The first-order valence-electron chi connectivity index (χ1n) is 4.01. The molecule has 0 unspecified atom stereocenters. The van der Waals surface area contributed by atoms with Gasteiger partial charge in [-0.25, -0.2) is 0 Å². The van der Waals surface area contributed by atoms with Crippen molar-refractivity contribution in [2.75, 3.05) is 13.0 Å². The van der Waals surface area contributed by atoms with Crippen molar-refractivity contribution in [3.05, 3.63) is 29.8 Å². The predicted octanol–water partition coefficient (Wildman–Crippen LogP) is 2.51. The van der Waals surface area contributed by atoms with E-state index in [4.69, 9.17) is 16.3 Å². The van der Waals surface area contributed by atoms with Crippen molar-refractivity contribution in [2.24, 2.45) is 0 Å². The number of benzene rings is 1. The summed E-state index contributed by atoms with van der Waals surface area (Å²) in [5.41, 5.74) is 0.653. The summed E-state index contributed by atoms with van der Waals surface area (Å²) in [5.74, 6) is 1.10. The molecule has 0 radical (unpaired) electrons. The van der Waals surface area contributed by atoms with E-state index in [0.29, 0.717) is 23.6 Å². The molecule has 1 aromatic carbocycles. The maximum atomic E-state index is 11.4. The highest BCUT2D eigenvalue weighted by atomic mass is 35.5. The summed E-state index contributed by atoms with van der Waals surface area (Å²) in [6.07, 6.45) is 0.370. The third-order valence-electron chi connectivity index (χ3n) is 1.71. The molecule has 0 atom stereocenters. The molecule has 2 nitrogen and oxygen atoms in total. The lowest BCUT2D eigenvalue weighted by Gasteiger charge is -2.01. The number of ketones is 1. The number of alkyl halides is 1. The quantitative estimate of drug-likeness (QED) is 0.549. The van der Waals surface area contributed by atoms with Crippen LogP contribution < -0.4 is 4.74 Å².